The summed E-state index contributed by atoms with van der Waals surface area (Å²) in [7, 11) is 0. The predicted molar refractivity (Wildman–Crippen MR) is 63.3 cm³/mol. The average molecular weight is 236 g/mol. The first kappa shape index (κ1) is 11.2. The molecule has 1 aromatic rings. The van der Waals surface area contributed by atoms with Crippen LogP contribution >= 0.6 is 0 Å². The number of hydrogen-bond acceptors (Lipinski definition) is 4. The van der Waals surface area contributed by atoms with Crippen molar-refractivity contribution < 1.29 is 4.74 Å². The lowest BCUT2D eigenvalue weighted by Gasteiger charge is -2.60. The molecule has 0 amide bonds. The molecule has 3 rings (SSSR count). The van der Waals surface area contributed by atoms with E-state index < -0.39 is 0 Å². The number of fused-ring (bicyclic) bond motifs is 1. The number of nitrogens with one attached hydrogen (secondary N) is 2. The van der Waals surface area contributed by atoms with Crippen LogP contribution in [0.15, 0.2) is 6.33 Å². The van der Waals surface area contributed by atoms with Crippen molar-refractivity contribution in [1.29, 1.82) is 0 Å². The molecule has 1 aromatic heterocycles. The Balaban J connectivity index is 1.62. The molecule has 5 nitrogen and oxygen atoms in total. The number of aromatic amines is 1. The van der Waals surface area contributed by atoms with Crippen LogP contribution in [0.25, 0.3) is 0 Å². The van der Waals surface area contributed by atoms with Crippen LogP contribution in [0.4, 0.5) is 0 Å². The Bertz CT molecular complexity index is 376. The van der Waals surface area contributed by atoms with E-state index in [2.05, 4.69) is 34.3 Å². The zero-order valence-electron chi connectivity index (χ0n) is 10.4. The molecule has 1 aliphatic heterocycles. The van der Waals surface area contributed by atoms with E-state index in [1.165, 1.54) is 12.8 Å². The summed E-state index contributed by atoms with van der Waals surface area (Å²) in [6, 6.07) is 0.526. The molecule has 0 aromatic carbocycles. The molecule has 17 heavy (non-hydrogen) atoms. The molecule has 2 aliphatic rings. The van der Waals surface area contributed by atoms with E-state index in [4.69, 9.17) is 4.74 Å². The molecule has 1 saturated heterocycles. The molecular weight excluding hydrogens is 216 g/mol. The molecule has 1 aliphatic carbocycles. The summed E-state index contributed by atoms with van der Waals surface area (Å²) >= 11 is 0. The van der Waals surface area contributed by atoms with Crippen LogP contribution in [0.5, 0.6) is 0 Å². The summed E-state index contributed by atoms with van der Waals surface area (Å²) in [6.45, 7) is 6.27. The maximum absolute atomic E-state index is 5.88. The van der Waals surface area contributed by atoms with Crippen molar-refractivity contribution in [3.8, 4) is 0 Å². The molecule has 2 fully saturated rings. The minimum Gasteiger partial charge on any atom is -0.377 e. The Morgan fingerprint density at radius 2 is 2.47 bits per heavy atom. The van der Waals surface area contributed by atoms with E-state index in [1.54, 1.807) is 6.33 Å². The van der Waals surface area contributed by atoms with Gasteiger partial charge < -0.3 is 10.1 Å². The van der Waals surface area contributed by atoms with Crippen molar-refractivity contribution in [1.82, 2.24) is 20.5 Å². The quantitative estimate of drug-likeness (QED) is 0.825. The first-order chi connectivity index (χ1) is 8.19. The lowest BCUT2D eigenvalue weighted by molar-refractivity contribution is -0.193. The number of hydrogen-bond donors (Lipinski definition) is 2. The van der Waals surface area contributed by atoms with Gasteiger partial charge in [-0.2, -0.15) is 5.10 Å². The molecule has 0 bridgehead atoms. The smallest absolute Gasteiger partial charge is 0.138 e. The molecule has 3 atom stereocenters. The zero-order valence-corrected chi connectivity index (χ0v) is 10.4. The second-order valence-corrected chi connectivity index (χ2v) is 5.71. The van der Waals surface area contributed by atoms with Crippen LogP contribution in [-0.2, 0) is 11.3 Å². The van der Waals surface area contributed by atoms with E-state index in [9.17, 15) is 0 Å². The molecule has 1 saturated carbocycles. The molecule has 0 radical (unpaired) electrons. The standard InChI is InChI=1S/C12H20N4O/c1-12(2)10(8-4-3-5-17-11(8)12)13-6-9-14-7-15-16-9/h7-8,10-11,13H,3-6H2,1-2H3,(H,14,15,16). The molecule has 2 N–H and O–H groups in total. The van der Waals surface area contributed by atoms with Gasteiger partial charge in [0.05, 0.1) is 12.6 Å². The second kappa shape index (κ2) is 4.07. The Hall–Kier alpha value is -0.940. The molecule has 5 heteroatoms. The van der Waals surface area contributed by atoms with Crippen molar-refractivity contribution in [2.24, 2.45) is 11.3 Å². The van der Waals surface area contributed by atoms with Gasteiger partial charge in [-0.3, -0.25) is 5.10 Å². The lowest BCUT2D eigenvalue weighted by atomic mass is 9.55. The van der Waals surface area contributed by atoms with Gasteiger partial charge in [0.15, 0.2) is 0 Å². The van der Waals surface area contributed by atoms with E-state index in [-0.39, 0.29) is 5.41 Å². The van der Waals surface area contributed by atoms with Crippen LogP contribution in [0.1, 0.15) is 32.5 Å². The van der Waals surface area contributed by atoms with Crippen LogP contribution in [0, 0.1) is 11.3 Å². The number of ether oxygens (including phenoxy) is 1. The number of nitrogens with zero attached hydrogens (tertiary/aromatic N) is 2. The third kappa shape index (κ3) is 1.77. The minimum atomic E-state index is 0.227. The minimum absolute atomic E-state index is 0.227. The van der Waals surface area contributed by atoms with Gasteiger partial charge in [0.2, 0.25) is 0 Å². The highest BCUT2D eigenvalue weighted by Crippen LogP contribution is 2.51. The van der Waals surface area contributed by atoms with Crippen LogP contribution in [0.2, 0.25) is 0 Å². The molecule has 0 spiro atoms. The van der Waals surface area contributed by atoms with Crippen LogP contribution < -0.4 is 5.32 Å². The third-order valence-corrected chi connectivity index (χ3v) is 4.29. The monoisotopic (exact) mass is 236 g/mol. The Morgan fingerprint density at radius 1 is 1.59 bits per heavy atom. The number of H-pyrrole nitrogens is 1. The zero-order chi connectivity index (χ0) is 11.9. The van der Waals surface area contributed by atoms with Gasteiger partial charge in [0.25, 0.3) is 0 Å². The summed E-state index contributed by atoms with van der Waals surface area (Å²) in [5.74, 6) is 1.57. The predicted octanol–water partition coefficient (Wildman–Crippen LogP) is 1.10. The van der Waals surface area contributed by atoms with E-state index in [0.717, 1.165) is 19.0 Å². The number of aromatic nitrogens is 3. The molecular formula is C12H20N4O. The summed E-state index contributed by atoms with van der Waals surface area (Å²) in [5, 5.41) is 10.3. The van der Waals surface area contributed by atoms with E-state index in [0.29, 0.717) is 18.1 Å². The lowest BCUT2D eigenvalue weighted by Crippen LogP contribution is -2.69. The highest BCUT2D eigenvalue weighted by Gasteiger charge is 2.57. The van der Waals surface area contributed by atoms with Gasteiger partial charge in [-0.1, -0.05) is 13.8 Å². The fraction of sp³-hybridized carbons (Fsp3) is 0.833. The van der Waals surface area contributed by atoms with Crippen molar-refractivity contribution in [3.63, 3.8) is 0 Å². The second-order valence-electron chi connectivity index (χ2n) is 5.71. The Morgan fingerprint density at radius 3 is 3.24 bits per heavy atom. The van der Waals surface area contributed by atoms with Crippen LogP contribution in [-0.4, -0.2) is 33.9 Å². The van der Waals surface area contributed by atoms with Crippen molar-refractivity contribution in [2.75, 3.05) is 6.61 Å². The van der Waals surface area contributed by atoms with Crippen molar-refractivity contribution in [3.05, 3.63) is 12.2 Å². The van der Waals surface area contributed by atoms with E-state index >= 15 is 0 Å². The SMILES string of the molecule is CC1(C)C(NCc2ncn[nH]2)C2CCCOC21. The first-order valence-electron chi connectivity index (χ1n) is 6.39. The summed E-state index contributed by atoms with van der Waals surface area (Å²) in [5.41, 5.74) is 0.227. The topological polar surface area (TPSA) is 62.8 Å². The van der Waals surface area contributed by atoms with Gasteiger partial charge in [0.1, 0.15) is 12.2 Å². The summed E-state index contributed by atoms with van der Waals surface area (Å²) in [4.78, 5) is 4.14. The maximum atomic E-state index is 5.88. The fourth-order valence-electron chi connectivity index (χ4n) is 3.46. The van der Waals surface area contributed by atoms with Crippen molar-refractivity contribution >= 4 is 0 Å². The Kier molecular flexibility index (Phi) is 2.67. The summed E-state index contributed by atoms with van der Waals surface area (Å²) in [6.07, 6.45) is 4.46. The fourth-order valence-corrected chi connectivity index (χ4v) is 3.46. The maximum Gasteiger partial charge on any atom is 0.138 e. The summed E-state index contributed by atoms with van der Waals surface area (Å²) < 4.78 is 5.88. The average Bonchev–Trinajstić information content (AvgIpc) is 2.82. The Labute approximate surface area is 101 Å². The highest BCUT2D eigenvalue weighted by atomic mass is 16.5. The van der Waals surface area contributed by atoms with Crippen LogP contribution in [0.3, 0.4) is 0 Å². The van der Waals surface area contributed by atoms with E-state index in [1.807, 2.05) is 0 Å². The molecule has 3 unspecified atom stereocenters. The first-order valence-corrected chi connectivity index (χ1v) is 6.39. The molecule has 94 valence electrons. The van der Waals surface area contributed by atoms with Gasteiger partial charge in [-0.25, -0.2) is 4.98 Å². The normalized spacial score (nSPS) is 35.1. The largest absolute Gasteiger partial charge is 0.377 e. The number of rotatable bonds is 3. The van der Waals surface area contributed by atoms with Gasteiger partial charge in [-0.05, 0) is 12.8 Å². The van der Waals surface area contributed by atoms with Gasteiger partial charge in [0, 0.05) is 24.0 Å². The van der Waals surface area contributed by atoms with Gasteiger partial charge in [-0.15, -0.1) is 0 Å². The molecule has 2 heterocycles. The van der Waals surface area contributed by atoms with Crippen molar-refractivity contribution in [2.45, 2.75) is 45.4 Å². The third-order valence-electron chi connectivity index (χ3n) is 4.29. The highest BCUT2D eigenvalue weighted by molar-refractivity contribution is 5.10. The van der Waals surface area contributed by atoms with Gasteiger partial charge >= 0.3 is 0 Å².